The zero-order valence-electron chi connectivity index (χ0n) is 10.2. The second-order valence-electron chi connectivity index (χ2n) is 3.92. The predicted octanol–water partition coefficient (Wildman–Crippen LogP) is 4.66. The van der Waals surface area contributed by atoms with Crippen molar-refractivity contribution in [2.45, 2.75) is 0 Å². The van der Waals surface area contributed by atoms with Crippen molar-refractivity contribution in [1.82, 2.24) is 0 Å². The van der Waals surface area contributed by atoms with E-state index in [1.807, 2.05) is 0 Å². The topological polar surface area (TPSA) is 38.3 Å². The van der Waals surface area contributed by atoms with E-state index in [0.717, 1.165) is 0 Å². The van der Waals surface area contributed by atoms with E-state index in [1.165, 1.54) is 0 Å². The maximum Gasteiger partial charge on any atom is 0.262 e. The second kappa shape index (κ2) is 6.84. The minimum Gasteiger partial charge on any atom is -0.482 e. The molecular formula is C14H10Cl3NO2. The molecule has 0 aliphatic rings. The Hall–Kier alpha value is -1.42. The van der Waals surface area contributed by atoms with E-state index in [0.29, 0.717) is 26.5 Å². The zero-order valence-corrected chi connectivity index (χ0v) is 12.5. The molecule has 0 unspecified atom stereocenters. The summed E-state index contributed by atoms with van der Waals surface area (Å²) in [6.45, 7) is -0.174. The van der Waals surface area contributed by atoms with Gasteiger partial charge in [-0.05, 0) is 30.3 Å². The Labute approximate surface area is 131 Å². The summed E-state index contributed by atoms with van der Waals surface area (Å²) < 4.78 is 5.32. The number of nitrogens with one attached hydrogen (secondary N) is 1. The fraction of sp³-hybridized carbons (Fsp3) is 0.0714. The smallest absolute Gasteiger partial charge is 0.262 e. The minimum absolute atomic E-state index is 0.174. The lowest BCUT2D eigenvalue weighted by Gasteiger charge is -2.09. The molecule has 0 saturated heterocycles. The molecule has 2 aromatic rings. The molecule has 2 rings (SSSR count). The summed E-state index contributed by atoms with van der Waals surface area (Å²) in [6, 6.07) is 11.6. The molecule has 0 aliphatic carbocycles. The predicted molar refractivity (Wildman–Crippen MR) is 82.0 cm³/mol. The average Bonchev–Trinajstić information content (AvgIpc) is 2.40. The summed E-state index contributed by atoms with van der Waals surface area (Å²) >= 11 is 17.6. The molecule has 2 aromatic carbocycles. The number of rotatable bonds is 4. The van der Waals surface area contributed by atoms with Gasteiger partial charge in [-0.3, -0.25) is 4.79 Å². The molecule has 0 aromatic heterocycles. The van der Waals surface area contributed by atoms with Crippen LogP contribution in [0.15, 0.2) is 42.5 Å². The lowest BCUT2D eigenvalue weighted by Crippen LogP contribution is -2.20. The third-order valence-corrected chi connectivity index (χ3v) is 3.14. The molecule has 0 fully saturated rings. The summed E-state index contributed by atoms with van der Waals surface area (Å²) in [7, 11) is 0. The number of ether oxygens (including phenoxy) is 1. The first-order chi connectivity index (χ1) is 9.54. The first-order valence-corrected chi connectivity index (χ1v) is 6.81. The van der Waals surface area contributed by atoms with E-state index in [2.05, 4.69) is 5.32 Å². The Balaban J connectivity index is 1.94. The van der Waals surface area contributed by atoms with Gasteiger partial charge < -0.3 is 10.1 Å². The highest BCUT2D eigenvalue weighted by Crippen LogP contribution is 2.27. The van der Waals surface area contributed by atoms with Gasteiger partial charge in [-0.25, -0.2) is 0 Å². The first kappa shape index (κ1) is 15.0. The van der Waals surface area contributed by atoms with Gasteiger partial charge in [-0.15, -0.1) is 0 Å². The lowest BCUT2D eigenvalue weighted by molar-refractivity contribution is -0.118. The van der Waals surface area contributed by atoms with E-state index in [-0.39, 0.29) is 12.5 Å². The van der Waals surface area contributed by atoms with E-state index in [1.54, 1.807) is 42.5 Å². The van der Waals surface area contributed by atoms with Gasteiger partial charge in [0.1, 0.15) is 5.75 Å². The summed E-state index contributed by atoms with van der Waals surface area (Å²) in [4.78, 5) is 11.7. The van der Waals surface area contributed by atoms with Gasteiger partial charge in [0.2, 0.25) is 0 Å². The highest BCUT2D eigenvalue weighted by molar-refractivity contribution is 6.34. The maximum absolute atomic E-state index is 11.7. The van der Waals surface area contributed by atoms with E-state index in [9.17, 15) is 4.79 Å². The van der Waals surface area contributed by atoms with Crippen LogP contribution in [-0.2, 0) is 4.79 Å². The largest absolute Gasteiger partial charge is 0.482 e. The number of carbonyl (C=O) groups is 1. The first-order valence-electron chi connectivity index (χ1n) is 5.68. The van der Waals surface area contributed by atoms with Crippen molar-refractivity contribution < 1.29 is 9.53 Å². The van der Waals surface area contributed by atoms with Crippen LogP contribution in [0.4, 0.5) is 5.69 Å². The molecule has 20 heavy (non-hydrogen) atoms. The Kier molecular flexibility index (Phi) is 5.12. The van der Waals surface area contributed by atoms with Gasteiger partial charge >= 0.3 is 0 Å². The van der Waals surface area contributed by atoms with Crippen LogP contribution in [-0.4, -0.2) is 12.5 Å². The number of hydrogen-bond acceptors (Lipinski definition) is 2. The minimum atomic E-state index is -0.316. The molecule has 0 saturated carbocycles. The van der Waals surface area contributed by atoms with Crippen molar-refractivity contribution in [2.75, 3.05) is 11.9 Å². The van der Waals surface area contributed by atoms with Crippen LogP contribution in [0.2, 0.25) is 15.1 Å². The average molecular weight is 331 g/mol. The van der Waals surface area contributed by atoms with Crippen molar-refractivity contribution in [3.63, 3.8) is 0 Å². The van der Waals surface area contributed by atoms with Crippen LogP contribution >= 0.6 is 34.8 Å². The molecule has 0 radical (unpaired) electrons. The van der Waals surface area contributed by atoms with Crippen LogP contribution in [0, 0.1) is 0 Å². The van der Waals surface area contributed by atoms with Crippen LogP contribution in [0.25, 0.3) is 0 Å². The fourth-order valence-corrected chi connectivity index (χ4v) is 2.02. The van der Waals surface area contributed by atoms with Crippen LogP contribution in [0.5, 0.6) is 5.75 Å². The van der Waals surface area contributed by atoms with Gasteiger partial charge in [-0.2, -0.15) is 0 Å². The molecule has 0 spiro atoms. The van der Waals surface area contributed by atoms with Crippen molar-refractivity contribution in [1.29, 1.82) is 0 Å². The summed E-state index contributed by atoms with van der Waals surface area (Å²) in [5.74, 6) is 0.0451. The SMILES string of the molecule is O=C(COc1cc(Cl)ccc1Cl)Nc1cccc(Cl)c1. The maximum atomic E-state index is 11.7. The van der Waals surface area contributed by atoms with Crippen molar-refractivity contribution in [3.05, 3.63) is 57.5 Å². The van der Waals surface area contributed by atoms with Gasteiger partial charge in [0.15, 0.2) is 6.61 Å². The summed E-state index contributed by atoms with van der Waals surface area (Å²) in [5, 5.41) is 4.09. The summed E-state index contributed by atoms with van der Waals surface area (Å²) in [5.41, 5.74) is 0.600. The number of hydrogen-bond donors (Lipinski definition) is 1. The normalized spacial score (nSPS) is 10.2. The number of halogens is 3. The van der Waals surface area contributed by atoms with Crippen molar-refractivity contribution in [2.24, 2.45) is 0 Å². The molecule has 6 heteroatoms. The van der Waals surface area contributed by atoms with Gasteiger partial charge in [0, 0.05) is 21.8 Å². The number of amides is 1. The van der Waals surface area contributed by atoms with Gasteiger partial charge in [0.25, 0.3) is 5.91 Å². The van der Waals surface area contributed by atoms with Crippen LogP contribution < -0.4 is 10.1 Å². The Bertz CT molecular complexity index is 632. The molecular weight excluding hydrogens is 321 g/mol. The monoisotopic (exact) mass is 329 g/mol. The third kappa shape index (κ3) is 4.30. The van der Waals surface area contributed by atoms with Crippen LogP contribution in [0.1, 0.15) is 0 Å². The highest BCUT2D eigenvalue weighted by atomic mass is 35.5. The molecule has 0 bridgehead atoms. The van der Waals surface area contributed by atoms with Crippen molar-refractivity contribution >= 4 is 46.4 Å². The fourth-order valence-electron chi connectivity index (χ4n) is 1.49. The van der Waals surface area contributed by atoms with Crippen LogP contribution in [0.3, 0.4) is 0 Å². The van der Waals surface area contributed by atoms with E-state index < -0.39 is 0 Å². The number of anilines is 1. The van der Waals surface area contributed by atoms with Gasteiger partial charge in [0.05, 0.1) is 5.02 Å². The quantitative estimate of drug-likeness (QED) is 0.885. The number of carbonyl (C=O) groups excluding carboxylic acids is 1. The second-order valence-corrected chi connectivity index (χ2v) is 5.20. The van der Waals surface area contributed by atoms with Crippen molar-refractivity contribution in [3.8, 4) is 5.75 Å². The molecule has 1 amide bonds. The number of benzene rings is 2. The standard InChI is InChI=1S/C14H10Cl3NO2/c15-9-2-1-3-11(6-9)18-14(19)8-20-13-7-10(16)4-5-12(13)17/h1-7H,8H2,(H,18,19). The van der Waals surface area contributed by atoms with E-state index >= 15 is 0 Å². The Morgan fingerprint density at radius 3 is 2.55 bits per heavy atom. The molecule has 0 atom stereocenters. The highest BCUT2D eigenvalue weighted by Gasteiger charge is 2.07. The van der Waals surface area contributed by atoms with Gasteiger partial charge in [-0.1, -0.05) is 40.9 Å². The zero-order chi connectivity index (χ0) is 14.5. The lowest BCUT2D eigenvalue weighted by atomic mass is 10.3. The third-order valence-electron chi connectivity index (χ3n) is 2.36. The Morgan fingerprint density at radius 1 is 1.05 bits per heavy atom. The summed E-state index contributed by atoms with van der Waals surface area (Å²) in [6.07, 6.45) is 0. The molecule has 104 valence electrons. The molecule has 0 aliphatic heterocycles. The molecule has 0 heterocycles. The Morgan fingerprint density at radius 2 is 1.80 bits per heavy atom. The molecule has 1 N–H and O–H groups in total. The molecule has 3 nitrogen and oxygen atoms in total. The van der Waals surface area contributed by atoms with E-state index in [4.69, 9.17) is 39.5 Å².